The van der Waals surface area contributed by atoms with Gasteiger partial charge in [-0.2, -0.15) is 0 Å². The van der Waals surface area contributed by atoms with Gasteiger partial charge < -0.3 is 20.4 Å². The van der Waals surface area contributed by atoms with Crippen molar-refractivity contribution in [3.63, 3.8) is 0 Å². The first kappa shape index (κ1) is 13.9. The number of fused-ring (bicyclic) bond motifs is 1. The van der Waals surface area contributed by atoms with Crippen molar-refractivity contribution in [2.24, 2.45) is 0 Å². The van der Waals surface area contributed by atoms with Gasteiger partial charge in [-0.3, -0.25) is 9.59 Å². The minimum atomic E-state index is -1.10. The van der Waals surface area contributed by atoms with Crippen molar-refractivity contribution in [2.75, 3.05) is 0 Å². The highest BCUT2D eigenvalue weighted by Gasteiger charge is 2.40. The molecule has 0 saturated heterocycles. The molecule has 6 nitrogen and oxygen atoms in total. The number of aromatic hydroxyl groups is 1. The maximum atomic E-state index is 12.5. The largest absolute Gasteiger partial charge is 0.507 e. The topological polar surface area (TPSA) is 115 Å². The first-order chi connectivity index (χ1) is 9.93. The number of benzene rings is 1. The minimum Gasteiger partial charge on any atom is -0.507 e. The van der Waals surface area contributed by atoms with E-state index in [2.05, 4.69) is 0 Å². The fourth-order valence-electron chi connectivity index (χ4n) is 2.90. The van der Waals surface area contributed by atoms with E-state index >= 15 is 0 Å². The van der Waals surface area contributed by atoms with Crippen molar-refractivity contribution in [2.45, 2.75) is 31.7 Å². The Bertz CT molecular complexity index is 688. The summed E-state index contributed by atoms with van der Waals surface area (Å²) in [6.45, 7) is -0.366. The standard InChI is InChI=1S/C15H14O6/c16-5-6-1-9-13(12(19)2-6)15(21)8-4-11(18)10(17)3-7(8)14(9)20/h1-2,10-11,16-19H,3-5H2. The molecule has 0 aliphatic heterocycles. The summed E-state index contributed by atoms with van der Waals surface area (Å²) >= 11 is 0. The van der Waals surface area contributed by atoms with Crippen molar-refractivity contribution >= 4 is 11.6 Å². The molecule has 0 heterocycles. The van der Waals surface area contributed by atoms with Gasteiger partial charge >= 0.3 is 0 Å². The number of phenols is 1. The van der Waals surface area contributed by atoms with E-state index in [0.29, 0.717) is 5.56 Å². The summed E-state index contributed by atoms with van der Waals surface area (Å²) in [7, 11) is 0. The molecule has 0 radical (unpaired) electrons. The molecule has 0 spiro atoms. The summed E-state index contributed by atoms with van der Waals surface area (Å²) in [5.74, 6) is -1.31. The van der Waals surface area contributed by atoms with Gasteiger partial charge in [0.25, 0.3) is 0 Å². The van der Waals surface area contributed by atoms with Gasteiger partial charge in [0.05, 0.1) is 24.4 Å². The Morgan fingerprint density at radius 2 is 1.57 bits per heavy atom. The molecular weight excluding hydrogens is 276 g/mol. The van der Waals surface area contributed by atoms with Gasteiger partial charge in [-0.1, -0.05) is 0 Å². The van der Waals surface area contributed by atoms with E-state index in [1.165, 1.54) is 12.1 Å². The Labute approximate surface area is 120 Å². The molecule has 2 aliphatic carbocycles. The zero-order chi connectivity index (χ0) is 15.3. The number of Topliss-reactive ketones (excluding diaryl/α,β-unsaturated/α-hetero) is 2. The van der Waals surface area contributed by atoms with Crippen LogP contribution in [0.3, 0.4) is 0 Å². The highest BCUT2D eigenvalue weighted by molar-refractivity contribution is 6.28. The van der Waals surface area contributed by atoms with Crippen LogP contribution in [0, 0.1) is 0 Å². The Balaban J connectivity index is 2.19. The van der Waals surface area contributed by atoms with Gasteiger partial charge in [-0.15, -0.1) is 0 Å². The van der Waals surface area contributed by atoms with Gasteiger partial charge in [0.15, 0.2) is 11.6 Å². The number of carbonyl (C=O) groups is 2. The number of hydrogen-bond donors (Lipinski definition) is 4. The molecule has 0 fully saturated rings. The highest BCUT2D eigenvalue weighted by atomic mass is 16.3. The summed E-state index contributed by atoms with van der Waals surface area (Å²) in [6.07, 6.45) is -2.38. The molecule has 2 unspecified atom stereocenters. The van der Waals surface area contributed by atoms with E-state index in [-0.39, 0.29) is 47.5 Å². The zero-order valence-electron chi connectivity index (χ0n) is 11.0. The second-order valence-corrected chi connectivity index (χ2v) is 5.35. The van der Waals surface area contributed by atoms with Crippen LogP contribution in [-0.2, 0) is 6.61 Å². The SMILES string of the molecule is O=C1C2=C(CC(O)C(O)C2)C(=O)c2c(O)cc(CO)cc21. The average Bonchev–Trinajstić information content (AvgIpc) is 2.46. The van der Waals surface area contributed by atoms with Crippen molar-refractivity contribution in [3.8, 4) is 5.75 Å². The molecule has 2 atom stereocenters. The third kappa shape index (κ3) is 1.99. The van der Waals surface area contributed by atoms with Crippen molar-refractivity contribution in [3.05, 3.63) is 40.0 Å². The molecule has 0 aromatic heterocycles. The lowest BCUT2D eigenvalue weighted by Gasteiger charge is -2.30. The zero-order valence-corrected chi connectivity index (χ0v) is 11.0. The number of rotatable bonds is 1. The molecule has 21 heavy (non-hydrogen) atoms. The third-order valence-electron chi connectivity index (χ3n) is 4.01. The molecule has 6 heteroatoms. The molecule has 3 rings (SSSR count). The Morgan fingerprint density at radius 3 is 2.14 bits per heavy atom. The van der Waals surface area contributed by atoms with Gasteiger partial charge in [0.2, 0.25) is 0 Å². The smallest absolute Gasteiger partial charge is 0.193 e. The second kappa shape index (κ2) is 4.77. The van der Waals surface area contributed by atoms with Crippen LogP contribution in [0.1, 0.15) is 39.1 Å². The van der Waals surface area contributed by atoms with Crippen LogP contribution in [0.4, 0.5) is 0 Å². The molecular formula is C15H14O6. The van der Waals surface area contributed by atoms with E-state index < -0.39 is 23.8 Å². The van der Waals surface area contributed by atoms with E-state index in [1.54, 1.807) is 0 Å². The summed E-state index contributed by atoms with van der Waals surface area (Å²) in [6, 6.07) is 2.61. The number of hydrogen-bond acceptors (Lipinski definition) is 6. The average molecular weight is 290 g/mol. The lowest BCUT2D eigenvalue weighted by Crippen LogP contribution is -2.37. The molecule has 0 amide bonds. The second-order valence-electron chi connectivity index (χ2n) is 5.35. The van der Waals surface area contributed by atoms with E-state index in [1.807, 2.05) is 0 Å². The highest BCUT2D eigenvalue weighted by Crippen LogP contribution is 2.39. The summed E-state index contributed by atoms with van der Waals surface area (Å²) in [5, 5.41) is 38.4. The van der Waals surface area contributed by atoms with E-state index in [9.17, 15) is 24.9 Å². The van der Waals surface area contributed by atoms with Crippen LogP contribution < -0.4 is 0 Å². The van der Waals surface area contributed by atoms with Crippen LogP contribution in [0.2, 0.25) is 0 Å². The van der Waals surface area contributed by atoms with Crippen molar-refractivity contribution in [1.82, 2.24) is 0 Å². The minimum absolute atomic E-state index is 0.0337. The number of aliphatic hydroxyl groups excluding tert-OH is 3. The van der Waals surface area contributed by atoms with Crippen molar-refractivity contribution in [1.29, 1.82) is 0 Å². The van der Waals surface area contributed by atoms with Crippen LogP contribution in [0.15, 0.2) is 23.3 Å². The molecule has 0 bridgehead atoms. The van der Waals surface area contributed by atoms with Crippen LogP contribution in [-0.4, -0.2) is 44.2 Å². The van der Waals surface area contributed by atoms with Gasteiger partial charge in [-0.25, -0.2) is 0 Å². The van der Waals surface area contributed by atoms with Gasteiger partial charge in [-0.05, 0) is 17.7 Å². The predicted octanol–water partition coefficient (Wildman–Crippen LogP) is 0.0757. The molecule has 4 N–H and O–H groups in total. The Morgan fingerprint density at radius 1 is 1.00 bits per heavy atom. The molecule has 110 valence electrons. The molecule has 2 aliphatic rings. The van der Waals surface area contributed by atoms with E-state index in [4.69, 9.17) is 5.11 Å². The Hall–Kier alpha value is -2.02. The van der Waals surface area contributed by atoms with E-state index in [0.717, 1.165) is 0 Å². The lowest BCUT2D eigenvalue weighted by atomic mass is 9.75. The number of carbonyl (C=O) groups excluding carboxylic acids is 2. The van der Waals surface area contributed by atoms with Crippen LogP contribution >= 0.6 is 0 Å². The number of ketones is 2. The molecule has 1 aromatic rings. The Kier molecular flexibility index (Phi) is 3.16. The van der Waals surface area contributed by atoms with Crippen LogP contribution in [0.5, 0.6) is 5.75 Å². The lowest BCUT2D eigenvalue weighted by molar-refractivity contribution is 0.0135. The maximum absolute atomic E-state index is 12.5. The first-order valence-corrected chi connectivity index (χ1v) is 6.58. The quantitative estimate of drug-likeness (QED) is 0.582. The molecule has 0 saturated carbocycles. The van der Waals surface area contributed by atoms with Crippen molar-refractivity contribution < 1.29 is 30.0 Å². The number of aliphatic hydroxyl groups is 3. The number of phenolic OH excluding ortho intramolecular Hbond substituents is 1. The summed E-state index contributed by atoms with van der Waals surface area (Å²) < 4.78 is 0. The predicted molar refractivity (Wildman–Crippen MR) is 71.0 cm³/mol. The summed E-state index contributed by atoms with van der Waals surface area (Å²) in [4.78, 5) is 24.9. The fraction of sp³-hybridized carbons (Fsp3) is 0.333. The maximum Gasteiger partial charge on any atom is 0.193 e. The van der Waals surface area contributed by atoms with Gasteiger partial charge in [0, 0.05) is 29.6 Å². The molecule has 1 aromatic carbocycles. The van der Waals surface area contributed by atoms with Gasteiger partial charge in [0.1, 0.15) is 5.75 Å². The summed E-state index contributed by atoms with van der Waals surface area (Å²) in [5.41, 5.74) is 0.593. The van der Waals surface area contributed by atoms with Crippen LogP contribution in [0.25, 0.3) is 0 Å². The first-order valence-electron chi connectivity index (χ1n) is 6.58. The fourth-order valence-corrected chi connectivity index (χ4v) is 2.90. The monoisotopic (exact) mass is 290 g/mol. The third-order valence-corrected chi connectivity index (χ3v) is 4.01. The normalized spacial score (nSPS) is 24.9.